The largest absolute Gasteiger partial charge is 0.444 e. The van der Waals surface area contributed by atoms with E-state index in [0.717, 1.165) is 16.1 Å². The summed E-state index contributed by atoms with van der Waals surface area (Å²) in [6.45, 7) is 12.2. The Morgan fingerprint density at radius 3 is 2.23 bits per heavy atom. The van der Waals surface area contributed by atoms with Gasteiger partial charge in [-0.15, -0.1) is 11.8 Å². The number of hydrogen-bond acceptors (Lipinski definition) is 6. The van der Waals surface area contributed by atoms with Crippen molar-refractivity contribution in [1.82, 2.24) is 4.90 Å². The number of piperidine rings is 1. The fourth-order valence-electron chi connectivity index (χ4n) is 4.10. The third-order valence-corrected chi connectivity index (χ3v) is 5.89. The summed E-state index contributed by atoms with van der Waals surface area (Å²) < 4.78 is 11.3. The van der Waals surface area contributed by atoms with Gasteiger partial charge in [0.2, 0.25) is 0 Å². The molecule has 2 aliphatic rings. The molecule has 1 fully saturated rings. The lowest BCUT2D eigenvalue weighted by molar-refractivity contribution is 0.0185. The summed E-state index contributed by atoms with van der Waals surface area (Å²) in [5.41, 5.74) is 7.52. The summed E-state index contributed by atoms with van der Waals surface area (Å²) in [6.07, 6.45) is 1.93. The number of carbonyl (C=O) groups is 2. The maximum absolute atomic E-state index is 13.2. The van der Waals surface area contributed by atoms with E-state index in [1.54, 1.807) is 21.6 Å². The second-order valence-electron chi connectivity index (χ2n) is 9.90. The van der Waals surface area contributed by atoms with Crippen molar-refractivity contribution >= 4 is 35.3 Å². The van der Waals surface area contributed by atoms with Gasteiger partial charge in [0.15, 0.2) is 0 Å². The van der Waals surface area contributed by atoms with Crippen LogP contribution in [0.25, 0.3) is 0 Å². The number of rotatable bonds is 1. The van der Waals surface area contributed by atoms with E-state index in [0.29, 0.717) is 25.2 Å². The zero-order valence-electron chi connectivity index (χ0n) is 18.9. The Labute approximate surface area is 183 Å². The second-order valence-corrected chi connectivity index (χ2v) is 10.7. The molecule has 0 radical (unpaired) electrons. The molecule has 2 atom stereocenters. The summed E-state index contributed by atoms with van der Waals surface area (Å²) in [4.78, 5) is 30.3. The summed E-state index contributed by atoms with van der Waals surface area (Å²) in [7, 11) is 0. The quantitative estimate of drug-likeness (QED) is 0.502. The number of likely N-dealkylation sites (tertiary alicyclic amines) is 1. The molecule has 0 aliphatic carbocycles. The molecule has 166 valence electrons. The van der Waals surface area contributed by atoms with Gasteiger partial charge in [0.05, 0.1) is 11.7 Å². The van der Waals surface area contributed by atoms with Crippen LogP contribution in [0, 0.1) is 0 Å². The van der Waals surface area contributed by atoms with E-state index in [1.807, 2.05) is 59.9 Å². The number of nitrogens with two attached hydrogens (primary N) is 1. The van der Waals surface area contributed by atoms with Crippen molar-refractivity contribution < 1.29 is 19.1 Å². The molecule has 2 unspecified atom stereocenters. The SMILES string of the molecule is CSc1cc(N)cc2c1N(C(=O)OC(C)(C)C)C1CCN(C(=O)OC(C)(C)C)CC21. The highest BCUT2D eigenvalue weighted by Gasteiger charge is 2.48. The van der Waals surface area contributed by atoms with Crippen molar-refractivity contribution in [2.24, 2.45) is 0 Å². The second kappa shape index (κ2) is 7.87. The summed E-state index contributed by atoms with van der Waals surface area (Å²) in [6, 6.07) is 3.74. The minimum absolute atomic E-state index is 0.0387. The molecule has 30 heavy (non-hydrogen) atoms. The smallest absolute Gasteiger partial charge is 0.415 e. The number of thioether (sulfide) groups is 1. The number of benzene rings is 1. The van der Waals surface area contributed by atoms with E-state index >= 15 is 0 Å². The van der Waals surface area contributed by atoms with Gasteiger partial charge < -0.3 is 20.1 Å². The van der Waals surface area contributed by atoms with Crippen molar-refractivity contribution in [1.29, 1.82) is 0 Å². The van der Waals surface area contributed by atoms with Gasteiger partial charge in [-0.2, -0.15) is 0 Å². The van der Waals surface area contributed by atoms with Gasteiger partial charge in [-0.1, -0.05) is 0 Å². The van der Waals surface area contributed by atoms with E-state index in [-0.39, 0.29) is 24.1 Å². The molecule has 1 aromatic carbocycles. The molecule has 1 aromatic rings. The minimum atomic E-state index is -0.597. The fraction of sp³-hybridized carbons (Fsp3) is 0.636. The molecule has 2 amide bonds. The third kappa shape index (κ3) is 4.63. The van der Waals surface area contributed by atoms with Crippen LogP contribution in [0.15, 0.2) is 17.0 Å². The molecule has 0 spiro atoms. The van der Waals surface area contributed by atoms with Crippen LogP contribution < -0.4 is 10.6 Å². The number of fused-ring (bicyclic) bond motifs is 3. The Kier molecular flexibility index (Phi) is 5.93. The van der Waals surface area contributed by atoms with Crippen molar-refractivity contribution in [3.05, 3.63) is 17.7 Å². The molecule has 1 saturated heterocycles. The first-order valence-electron chi connectivity index (χ1n) is 10.3. The van der Waals surface area contributed by atoms with Crippen LogP contribution in [0.2, 0.25) is 0 Å². The van der Waals surface area contributed by atoms with Crippen LogP contribution in [0.1, 0.15) is 59.4 Å². The van der Waals surface area contributed by atoms with E-state index in [4.69, 9.17) is 15.2 Å². The van der Waals surface area contributed by atoms with Crippen LogP contribution >= 0.6 is 11.8 Å². The monoisotopic (exact) mass is 435 g/mol. The Morgan fingerprint density at radius 1 is 1.07 bits per heavy atom. The standard InChI is InChI=1S/C22H33N3O4S/c1-21(2,3)28-19(26)24-9-8-16-15(12-24)14-10-13(23)11-17(30-7)18(14)25(16)20(27)29-22(4,5)6/h10-11,15-16H,8-9,12,23H2,1-7H3. The molecule has 0 aromatic heterocycles. The first-order chi connectivity index (χ1) is 13.8. The summed E-state index contributed by atoms with van der Waals surface area (Å²) >= 11 is 1.55. The molecule has 7 nitrogen and oxygen atoms in total. The van der Waals surface area contributed by atoms with E-state index < -0.39 is 11.2 Å². The van der Waals surface area contributed by atoms with Gasteiger partial charge in [-0.25, -0.2) is 9.59 Å². The molecule has 2 aliphatic heterocycles. The molecular weight excluding hydrogens is 402 g/mol. The normalized spacial score (nSPS) is 21.2. The number of nitrogen functional groups attached to an aromatic ring is 1. The van der Waals surface area contributed by atoms with E-state index in [2.05, 4.69) is 0 Å². The van der Waals surface area contributed by atoms with Crippen molar-refractivity contribution in [2.75, 3.05) is 30.0 Å². The Morgan fingerprint density at radius 2 is 1.67 bits per heavy atom. The molecule has 8 heteroatoms. The lowest BCUT2D eigenvalue weighted by Crippen LogP contribution is -2.51. The topological polar surface area (TPSA) is 85.1 Å². The Balaban J connectivity index is 1.98. The first-order valence-corrected chi connectivity index (χ1v) is 11.5. The maximum Gasteiger partial charge on any atom is 0.415 e. The number of hydrogen-bond donors (Lipinski definition) is 1. The van der Waals surface area contributed by atoms with Crippen LogP contribution in [0.4, 0.5) is 21.0 Å². The molecule has 0 saturated carbocycles. The van der Waals surface area contributed by atoms with Gasteiger partial charge in [0, 0.05) is 29.6 Å². The predicted molar refractivity (Wildman–Crippen MR) is 120 cm³/mol. The Bertz CT molecular complexity index is 844. The molecular formula is C22H33N3O4S. The van der Waals surface area contributed by atoms with Crippen LogP contribution in [0.5, 0.6) is 0 Å². The maximum atomic E-state index is 13.2. The molecule has 3 rings (SSSR count). The zero-order valence-corrected chi connectivity index (χ0v) is 19.8. The molecule has 2 heterocycles. The average Bonchev–Trinajstić information content (AvgIpc) is 2.91. The lowest BCUT2D eigenvalue weighted by Gasteiger charge is -2.38. The summed E-state index contributed by atoms with van der Waals surface area (Å²) in [5.74, 6) is -0.0387. The van der Waals surface area contributed by atoms with E-state index in [9.17, 15) is 9.59 Å². The lowest BCUT2D eigenvalue weighted by atomic mass is 9.89. The molecule has 2 N–H and O–H groups in total. The van der Waals surface area contributed by atoms with Gasteiger partial charge in [-0.05, 0) is 71.9 Å². The van der Waals surface area contributed by atoms with Gasteiger partial charge in [0.25, 0.3) is 0 Å². The van der Waals surface area contributed by atoms with Crippen LogP contribution in [-0.2, 0) is 9.47 Å². The first kappa shape index (κ1) is 22.6. The van der Waals surface area contributed by atoms with Crippen molar-refractivity contribution in [3.8, 4) is 0 Å². The van der Waals surface area contributed by atoms with Crippen molar-refractivity contribution in [2.45, 2.75) is 76.0 Å². The molecule has 0 bridgehead atoms. The average molecular weight is 436 g/mol. The number of nitrogens with zero attached hydrogens (tertiary/aromatic N) is 2. The highest BCUT2D eigenvalue weighted by atomic mass is 32.2. The fourth-order valence-corrected chi connectivity index (χ4v) is 4.76. The van der Waals surface area contributed by atoms with Crippen LogP contribution in [-0.4, -0.2) is 53.7 Å². The van der Waals surface area contributed by atoms with Gasteiger partial charge in [-0.3, -0.25) is 4.90 Å². The minimum Gasteiger partial charge on any atom is -0.444 e. The van der Waals surface area contributed by atoms with Gasteiger partial charge in [0.1, 0.15) is 11.2 Å². The van der Waals surface area contributed by atoms with Crippen LogP contribution in [0.3, 0.4) is 0 Å². The zero-order chi connectivity index (χ0) is 22.4. The van der Waals surface area contributed by atoms with Crippen molar-refractivity contribution in [3.63, 3.8) is 0 Å². The Hall–Kier alpha value is -2.09. The number of anilines is 2. The third-order valence-electron chi connectivity index (χ3n) is 5.14. The highest BCUT2D eigenvalue weighted by molar-refractivity contribution is 7.98. The highest BCUT2D eigenvalue weighted by Crippen LogP contribution is 2.50. The van der Waals surface area contributed by atoms with E-state index in [1.165, 1.54) is 0 Å². The van der Waals surface area contributed by atoms with Gasteiger partial charge >= 0.3 is 12.2 Å². The number of amides is 2. The summed E-state index contributed by atoms with van der Waals surface area (Å²) in [5, 5.41) is 0. The predicted octanol–water partition coefficient (Wildman–Crippen LogP) is 4.84. The number of carbonyl (C=O) groups excluding carboxylic acids is 2. The number of ether oxygens (including phenoxy) is 2.